The molecule has 0 aromatic rings. The third kappa shape index (κ3) is 10.2. The van der Waals surface area contributed by atoms with E-state index in [1.54, 1.807) is 0 Å². The van der Waals surface area contributed by atoms with Crippen molar-refractivity contribution >= 4 is 11.8 Å². The lowest BCUT2D eigenvalue weighted by Crippen LogP contribution is -2.27. The van der Waals surface area contributed by atoms with E-state index in [4.69, 9.17) is 0 Å². The largest absolute Gasteiger partial charge is 0.314 e. The summed E-state index contributed by atoms with van der Waals surface area (Å²) in [4.78, 5) is 0. The van der Waals surface area contributed by atoms with Crippen molar-refractivity contribution in [3.63, 3.8) is 0 Å². The van der Waals surface area contributed by atoms with Crippen LogP contribution >= 0.6 is 11.8 Å². The third-order valence-electron chi connectivity index (χ3n) is 1.83. The molecule has 0 spiro atoms. The van der Waals surface area contributed by atoms with Crippen molar-refractivity contribution in [3.8, 4) is 0 Å². The fourth-order valence-corrected chi connectivity index (χ4v) is 2.12. The molecule has 1 N–H and O–H groups in total. The van der Waals surface area contributed by atoms with Gasteiger partial charge in [-0.2, -0.15) is 11.8 Å². The van der Waals surface area contributed by atoms with Crippen molar-refractivity contribution in [2.24, 2.45) is 0 Å². The Morgan fingerprint density at radius 2 is 1.92 bits per heavy atom. The van der Waals surface area contributed by atoms with Gasteiger partial charge in [-0.1, -0.05) is 27.7 Å². The Kier molecular flexibility index (Phi) is 6.88. The zero-order valence-electron chi connectivity index (χ0n) is 9.81. The van der Waals surface area contributed by atoms with Crippen LogP contribution in [0.1, 0.15) is 47.5 Å². The molecule has 2 heteroatoms. The molecule has 0 fully saturated rings. The lowest BCUT2D eigenvalue weighted by molar-refractivity contribution is 0.535. The fraction of sp³-hybridized carbons (Fsp3) is 1.00. The summed E-state index contributed by atoms with van der Waals surface area (Å²) < 4.78 is 0.421. The average molecular weight is 203 g/mol. The highest BCUT2D eigenvalue weighted by molar-refractivity contribution is 8.00. The minimum absolute atomic E-state index is 0.421. The number of hydrogen-bond donors (Lipinski definition) is 1. The van der Waals surface area contributed by atoms with E-state index in [9.17, 15) is 0 Å². The second-order valence-corrected chi connectivity index (χ2v) is 6.53. The SMILES string of the molecule is CCCNC(C)CCSC(C)(C)C. The number of thioether (sulfide) groups is 1. The molecule has 0 saturated carbocycles. The lowest BCUT2D eigenvalue weighted by Gasteiger charge is -2.19. The summed E-state index contributed by atoms with van der Waals surface area (Å²) in [7, 11) is 0. The monoisotopic (exact) mass is 203 g/mol. The second-order valence-electron chi connectivity index (χ2n) is 4.60. The van der Waals surface area contributed by atoms with Crippen LogP contribution in [-0.4, -0.2) is 23.1 Å². The molecule has 0 radical (unpaired) electrons. The molecular formula is C11H25NS. The van der Waals surface area contributed by atoms with Gasteiger partial charge in [0, 0.05) is 10.8 Å². The fourth-order valence-electron chi connectivity index (χ4n) is 1.03. The van der Waals surface area contributed by atoms with Crippen LogP contribution in [0.2, 0.25) is 0 Å². The Morgan fingerprint density at radius 1 is 1.31 bits per heavy atom. The standard InChI is InChI=1S/C11H25NS/c1-6-8-12-10(2)7-9-13-11(3,4)5/h10,12H,6-9H2,1-5H3. The van der Waals surface area contributed by atoms with Crippen molar-refractivity contribution in [1.82, 2.24) is 5.32 Å². The predicted molar refractivity (Wildman–Crippen MR) is 64.6 cm³/mol. The van der Waals surface area contributed by atoms with E-state index < -0.39 is 0 Å². The van der Waals surface area contributed by atoms with Gasteiger partial charge in [0.05, 0.1) is 0 Å². The first-order valence-corrected chi connectivity index (χ1v) is 6.31. The van der Waals surface area contributed by atoms with E-state index in [2.05, 4.69) is 51.7 Å². The Bertz CT molecular complexity index is 118. The summed E-state index contributed by atoms with van der Waals surface area (Å²) >= 11 is 2.06. The molecule has 0 aliphatic rings. The van der Waals surface area contributed by atoms with Crippen LogP contribution < -0.4 is 5.32 Å². The highest BCUT2D eigenvalue weighted by Gasteiger charge is 2.10. The molecule has 0 aromatic heterocycles. The number of nitrogens with one attached hydrogen (secondary N) is 1. The highest BCUT2D eigenvalue weighted by Crippen LogP contribution is 2.23. The van der Waals surface area contributed by atoms with Gasteiger partial charge in [-0.3, -0.25) is 0 Å². The highest BCUT2D eigenvalue weighted by atomic mass is 32.2. The van der Waals surface area contributed by atoms with Crippen molar-refractivity contribution < 1.29 is 0 Å². The summed E-state index contributed by atoms with van der Waals surface area (Å²) in [5, 5.41) is 3.51. The molecule has 80 valence electrons. The van der Waals surface area contributed by atoms with Crippen LogP contribution in [0.4, 0.5) is 0 Å². The van der Waals surface area contributed by atoms with E-state index in [1.165, 1.54) is 18.6 Å². The Morgan fingerprint density at radius 3 is 2.38 bits per heavy atom. The molecule has 0 heterocycles. The molecule has 0 aliphatic carbocycles. The summed E-state index contributed by atoms with van der Waals surface area (Å²) in [5.41, 5.74) is 0. The molecule has 0 bridgehead atoms. The minimum Gasteiger partial charge on any atom is -0.314 e. The predicted octanol–water partition coefficient (Wildman–Crippen LogP) is 3.30. The van der Waals surface area contributed by atoms with Crippen molar-refractivity contribution in [3.05, 3.63) is 0 Å². The van der Waals surface area contributed by atoms with Crippen LogP contribution in [-0.2, 0) is 0 Å². The molecule has 1 atom stereocenters. The quantitative estimate of drug-likeness (QED) is 0.711. The molecule has 1 unspecified atom stereocenters. The van der Waals surface area contributed by atoms with E-state index in [-0.39, 0.29) is 0 Å². The van der Waals surface area contributed by atoms with Gasteiger partial charge in [0.2, 0.25) is 0 Å². The van der Waals surface area contributed by atoms with Gasteiger partial charge in [-0.15, -0.1) is 0 Å². The van der Waals surface area contributed by atoms with Gasteiger partial charge in [0.1, 0.15) is 0 Å². The minimum atomic E-state index is 0.421. The van der Waals surface area contributed by atoms with Crippen LogP contribution in [0.3, 0.4) is 0 Å². The zero-order chi connectivity index (χ0) is 10.3. The van der Waals surface area contributed by atoms with Crippen molar-refractivity contribution in [1.29, 1.82) is 0 Å². The maximum Gasteiger partial charge on any atom is 0.00751 e. The number of hydrogen-bond acceptors (Lipinski definition) is 2. The second kappa shape index (κ2) is 6.72. The Labute approximate surface area is 88.1 Å². The summed E-state index contributed by atoms with van der Waals surface area (Å²) in [5.74, 6) is 1.27. The molecule has 0 rings (SSSR count). The topological polar surface area (TPSA) is 12.0 Å². The molecular weight excluding hydrogens is 178 g/mol. The van der Waals surface area contributed by atoms with E-state index >= 15 is 0 Å². The molecule has 0 aliphatic heterocycles. The maximum atomic E-state index is 3.51. The summed E-state index contributed by atoms with van der Waals surface area (Å²) in [6.45, 7) is 12.5. The van der Waals surface area contributed by atoms with Crippen LogP contribution in [0, 0.1) is 0 Å². The first kappa shape index (κ1) is 13.3. The molecule has 1 nitrogen and oxygen atoms in total. The Balaban J connectivity index is 3.31. The van der Waals surface area contributed by atoms with Crippen molar-refractivity contribution in [2.75, 3.05) is 12.3 Å². The van der Waals surface area contributed by atoms with Gasteiger partial charge < -0.3 is 5.32 Å². The zero-order valence-corrected chi connectivity index (χ0v) is 10.6. The summed E-state index contributed by atoms with van der Waals surface area (Å²) in [6, 6.07) is 0.676. The lowest BCUT2D eigenvalue weighted by atomic mass is 10.2. The average Bonchev–Trinajstić information content (AvgIpc) is 1.98. The molecule has 0 amide bonds. The molecule has 0 saturated heterocycles. The third-order valence-corrected chi connectivity index (χ3v) is 3.13. The normalized spacial score (nSPS) is 14.5. The van der Waals surface area contributed by atoms with Gasteiger partial charge in [-0.05, 0) is 32.1 Å². The van der Waals surface area contributed by atoms with Crippen LogP contribution in [0.5, 0.6) is 0 Å². The summed E-state index contributed by atoms with van der Waals surface area (Å²) in [6.07, 6.45) is 2.51. The maximum absolute atomic E-state index is 3.51. The van der Waals surface area contributed by atoms with Gasteiger partial charge >= 0.3 is 0 Å². The van der Waals surface area contributed by atoms with E-state index in [0.29, 0.717) is 10.8 Å². The van der Waals surface area contributed by atoms with Crippen LogP contribution in [0.15, 0.2) is 0 Å². The van der Waals surface area contributed by atoms with Gasteiger partial charge in [0.15, 0.2) is 0 Å². The van der Waals surface area contributed by atoms with Crippen LogP contribution in [0.25, 0.3) is 0 Å². The smallest absolute Gasteiger partial charge is 0.00751 e. The van der Waals surface area contributed by atoms with Gasteiger partial charge in [0.25, 0.3) is 0 Å². The Hall–Kier alpha value is 0.310. The molecule has 0 aromatic carbocycles. The van der Waals surface area contributed by atoms with Gasteiger partial charge in [-0.25, -0.2) is 0 Å². The van der Waals surface area contributed by atoms with Crippen molar-refractivity contribution in [2.45, 2.75) is 58.2 Å². The molecule has 13 heavy (non-hydrogen) atoms. The first-order valence-electron chi connectivity index (χ1n) is 5.33. The number of rotatable bonds is 6. The van der Waals surface area contributed by atoms with E-state index in [1.807, 2.05) is 0 Å². The van der Waals surface area contributed by atoms with E-state index in [0.717, 1.165) is 6.54 Å². The first-order chi connectivity index (χ1) is 5.95.